The molecule has 1 aliphatic heterocycles. The van der Waals surface area contributed by atoms with Gasteiger partial charge in [0.25, 0.3) is 5.91 Å². The van der Waals surface area contributed by atoms with Crippen molar-refractivity contribution >= 4 is 17.8 Å². The van der Waals surface area contributed by atoms with Crippen molar-refractivity contribution in [3.05, 3.63) is 41.9 Å². The number of aryl methyl sites for hydroxylation is 1. The smallest absolute Gasteiger partial charge is 0.410 e. The van der Waals surface area contributed by atoms with Gasteiger partial charge in [0.1, 0.15) is 11.3 Å². The Kier molecular flexibility index (Phi) is 4.57. The number of hydrogen-bond donors (Lipinski definition) is 2. The molecule has 1 saturated heterocycles. The van der Waals surface area contributed by atoms with Crippen LogP contribution in [0.15, 0.2) is 30.6 Å². The van der Waals surface area contributed by atoms with Gasteiger partial charge in [0.2, 0.25) is 0 Å². The summed E-state index contributed by atoms with van der Waals surface area (Å²) < 4.78 is 28.2. The summed E-state index contributed by atoms with van der Waals surface area (Å²) in [5.74, 6) is -0.410. The quantitative estimate of drug-likeness (QED) is 0.832. The zero-order valence-corrected chi connectivity index (χ0v) is 16.1. The van der Waals surface area contributed by atoms with E-state index in [-0.39, 0.29) is 17.6 Å². The van der Waals surface area contributed by atoms with Gasteiger partial charge in [0.15, 0.2) is 5.82 Å². The summed E-state index contributed by atoms with van der Waals surface area (Å²) in [6, 6.07) is 4.40. The highest BCUT2D eigenvalue weighted by Crippen LogP contribution is 2.24. The van der Waals surface area contributed by atoms with Crippen molar-refractivity contribution in [2.24, 2.45) is 6.98 Å². The Balaban J connectivity index is 1.70. The lowest BCUT2D eigenvalue weighted by Crippen LogP contribution is -2.50. The maximum atomic E-state index is 12.6. The number of rotatable bonds is 3. The van der Waals surface area contributed by atoms with E-state index >= 15 is 0 Å². The average molecular weight is 389 g/mol. The predicted molar refractivity (Wildman–Crippen MR) is 104 cm³/mol. The second-order valence-electron chi connectivity index (χ2n) is 7.47. The van der Waals surface area contributed by atoms with Crippen molar-refractivity contribution in [2.45, 2.75) is 32.4 Å². The Morgan fingerprint density at radius 3 is 2.82 bits per heavy atom. The lowest BCUT2D eigenvalue weighted by Gasteiger charge is -2.37. The van der Waals surface area contributed by atoms with Crippen molar-refractivity contribution < 1.29 is 18.4 Å². The maximum absolute atomic E-state index is 12.6. The standard InChI is InChI=1S/C19H26N6O3/c1-19(2,3)28-18(27)25-10-8-20-12-15(25)13-5-6-14(21-11-13)17(26)22-16-7-9-24(4)23-16/h5-7,9,11,15,20H,8,10,12H2,1-4H3,(H,22,23,26)/i4D3. The molecule has 9 nitrogen and oxygen atoms in total. The molecule has 1 aliphatic rings. The summed E-state index contributed by atoms with van der Waals surface area (Å²) in [5, 5.41) is 9.60. The number of nitrogens with zero attached hydrogens (tertiary/aromatic N) is 4. The number of carbonyl (C=O) groups excluding carboxylic acids is 2. The SMILES string of the molecule is [2H]C([2H])([2H])n1ccc(NC(=O)c2ccc(C3CNCCN3C(=O)OC(C)(C)C)cn2)n1. The van der Waals surface area contributed by atoms with Crippen molar-refractivity contribution in [3.63, 3.8) is 0 Å². The molecule has 28 heavy (non-hydrogen) atoms. The van der Waals surface area contributed by atoms with E-state index in [4.69, 9.17) is 8.85 Å². The molecular weight excluding hydrogens is 360 g/mol. The summed E-state index contributed by atoms with van der Waals surface area (Å²) in [6.45, 7) is 4.73. The molecule has 150 valence electrons. The first-order valence-electron chi connectivity index (χ1n) is 10.5. The van der Waals surface area contributed by atoms with Crippen LogP contribution in [0.2, 0.25) is 0 Å². The second-order valence-corrected chi connectivity index (χ2v) is 7.47. The van der Waals surface area contributed by atoms with E-state index in [9.17, 15) is 9.59 Å². The number of anilines is 1. The highest BCUT2D eigenvalue weighted by molar-refractivity contribution is 6.02. The van der Waals surface area contributed by atoms with Crippen LogP contribution < -0.4 is 10.6 Å². The summed E-state index contributed by atoms with van der Waals surface area (Å²) in [6.07, 6.45) is 2.41. The van der Waals surface area contributed by atoms with Gasteiger partial charge in [-0.1, -0.05) is 6.07 Å². The molecule has 2 amide bonds. The normalized spacial score (nSPS) is 19.3. The van der Waals surface area contributed by atoms with Gasteiger partial charge in [0.05, 0.1) is 6.04 Å². The Morgan fingerprint density at radius 2 is 2.18 bits per heavy atom. The molecule has 1 fully saturated rings. The fraction of sp³-hybridized carbons (Fsp3) is 0.474. The number of nitrogens with one attached hydrogen (secondary N) is 2. The Labute approximate surface area is 168 Å². The second kappa shape index (κ2) is 7.97. The first kappa shape index (κ1) is 16.1. The third kappa shape index (κ3) is 4.86. The minimum Gasteiger partial charge on any atom is -0.444 e. The molecule has 0 spiro atoms. The monoisotopic (exact) mass is 389 g/mol. The molecule has 0 radical (unpaired) electrons. The van der Waals surface area contributed by atoms with Crippen LogP contribution in [0, 0.1) is 0 Å². The first-order chi connectivity index (χ1) is 14.4. The number of ether oxygens (including phenoxy) is 1. The van der Waals surface area contributed by atoms with E-state index in [0.29, 0.717) is 19.6 Å². The summed E-state index contributed by atoms with van der Waals surface area (Å²) in [7, 11) is 0. The van der Waals surface area contributed by atoms with Gasteiger partial charge in [-0.25, -0.2) is 4.79 Å². The number of pyridine rings is 1. The van der Waals surface area contributed by atoms with E-state index in [2.05, 4.69) is 20.7 Å². The Bertz CT molecular complexity index is 937. The van der Waals surface area contributed by atoms with Gasteiger partial charge in [-0.05, 0) is 32.4 Å². The fourth-order valence-electron chi connectivity index (χ4n) is 2.85. The van der Waals surface area contributed by atoms with Crippen LogP contribution in [0.1, 0.15) is 47.0 Å². The topological polar surface area (TPSA) is 101 Å². The summed E-state index contributed by atoms with van der Waals surface area (Å²) in [5.41, 5.74) is 0.306. The molecule has 3 rings (SSSR count). The number of piperazine rings is 1. The number of hydrogen-bond acceptors (Lipinski definition) is 6. The van der Waals surface area contributed by atoms with Crippen LogP contribution >= 0.6 is 0 Å². The maximum Gasteiger partial charge on any atom is 0.410 e. The molecule has 0 saturated carbocycles. The van der Waals surface area contributed by atoms with Crippen molar-refractivity contribution in [2.75, 3.05) is 25.0 Å². The van der Waals surface area contributed by atoms with E-state index in [0.717, 1.165) is 10.2 Å². The van der Waals surface area contributed by atoms with Gasteiger partial charge < -0.3 is 15.4 Å². The molecule has 2 aromatic heterocycles. The van der Waals surface area contributed by atoms with Crippen LogP contribution in [0.3, 0.4) is 0 Å². The number of carbonyl (C=O) groups is 2. The van der Waals surface area contributed by atoms with Gasteiger partial charge >= 0.3 is 6.09 Å². The van der Waals surface area contributed by atoms with Gasteiger partial charge in [-0.15, -0.1) is 0 Å². The fourth-order valence-corrected chi connectivity index (χ4v) is 2.85. The molecule has 9 heteroatoms. The summed E-state index contributed by atoms with van der Waals surface area (Å²) >= 11 is 0. The van der Waals surface area contributed by atoms with E-state index in [1.807, 2.05) is 20.8 Å². The van der Waals surface area contributed by atoms with Crippen LogP contribution in [0.25, 0.3) is 0 Å². The van der Waals surface area contributed by atoms with Crippen molar-refractivity contribution in [1.82, 2.24) is 25.0 Å². The van der Waals surface area contributed by atoms with Crippen LogP contribution in [-0.4, -0.2) is 56.9 Å². The van der Waals surface area contributed by atoms with E-state index in [1.165, 1.54) is 12.3 Å². The molecule has 2 aromatic rings. The molecule has 0 aliphatic carbocycles. The first-order valence-corrected chi connectivity index (χ1v) is 8.98. The molecular formula is C19H26N6O3. The lowest BCUT2D eigenvalue weighted by molar-refractivity contribution is 0.0117. The molecule has 1 atom stereocenters. The Hall–Kier alpha value is -2.94. The zero-order chi connectivity index (χ0) is 22.8. The lowest BCUT2D eigenvalue weighted by atomic mass is 10.1. The van der Waals surface area contributed by atoms with E-state index < -0.39 is 24.6 Å². The molecule has 0 aromatic carbocycles. The van der Waals surface area contributed by atoms with Crippen LogP contribution in [-0.2, 0) is 11.7 Å². The highest BCUT2D eigenvalue weighted by atomic mass is 16.6. The Morgan fingerprint density at radius 1 is 1.36 bits per heavy atom. The van der Waals surface area contributed by atoms with E-state index in [1.54, 1.807) is 23.2 Å². The third-order valence-corrected chi connectivity index (χ3v) is 4.11. The van der Waals surface area contributed by atoms with Crippen molar-refractivity contribution in [1.29, 1.82) is 0 Å². The molecule has 3 heterocycles. The molecule has 0 bridgehead atoms. The third-order valence-electron chi connectivity index (χ3n) is 4.11. The largest absolute Gasteiger partial charge is 0.444 e. The zero-order valence-electron chi connectivity index (χ0n) is 19.1. The minimum atomic E-state index is -2.42. The number of aromatic nitrogens is 3. The predicted octanol–water partition coefficient (Wildman–Crippen LogP) is 1.95. The minimum absolute atomic E-state index is 0.111. The van der Waals surface area contributed by atoms with Gasteiger partial charge in [-0.3, -0.25) is 19.4 Å². The summed E-state index contributed by atoms with van der Waals surface area (Å²) in [4.78, 5) is 30.9. The average Bonchev–Trinajstić information content (AvgIpc) is 3.16. The number of amides is 2. The van der Waals surface area contributed by atoms with Crippen LogP contribution in [0.4, 0.5) is 10.6 Å². The van der Waals surface area contributed by atoms with Gasteiger partial charge in [0, 0.05) is 49.2 Å². The van der Waals surface area contributed by atoms with Crippen LogP contribution in [0.5, 0.6) is 0 Å². The van der Waals surface area contributed by atoms with Gasteiger partial charge in [-0.2, -0.15) is 5.10 Å². The van der Waals surface area contributed by atoms with Crippen molar-refractivity contribution in [3.8, 4) is 0 Å². The molecule has 1 unspecified atom stereocenters. The highest BCUT2D eigenvalue weighted by Gasteiger charge is 2.31. The molecule has 2 N–H and O–H groups in total.